The molecule has 1 amide bonds. The van der Waals surface area contributed by atoms with E-state index in [4.69, 9.17) is 16.6 Å². The zero-order chi connectivity index (χ0) is 20.0. The highest BCUT2D eigenvalue weighted by atomic mass is 32.1. The van der Waals surface area contributed by atoms with Crippen molar-refractivity contribution in [1.82, 2.24) is 10.3 Å². The normalized spacial score (nSPS) is 11.3. The summed E-state index contributed by atoms with van der Waals surface area (Å²) >= 11 is 5.09. The van der Waals surface area contributed by atoms with Crippen molar-refractivity contribution in [2.24, 2.45) is 0 Å². The molecule has 0 atom stereocenters. The zero-order valence-electron chi connectivity index (χ0n) is 15.6. The number of hydrogen-bond donors (Lipinski definition) is 2. The van der Waals surface area contributed by atoms with Gasteiger partial charge >= 0.3 is 5.92 Å². The van der Waals surface area contributed by atoms with E-state index in [0.29, 0.717) is 12.6 Å². The largest absolute Gasteiger partial charge is 0.439 e. The van der Waals surface area contributed by atoms with Gasteiger partial charge in [0.15, 0.2) is 16.7 Å². The third kappa shape index (κ3) is 6.09. The Morgan fingerprint density at radius 2 is 1.93 bits per heavy atom. The lowest BCUT2D eigenvalue weighted by Crippen LogP contribution is -2.35. The first-order valence-corrected chi connectivity index (χ1v) is 9.18. The van der Waals surface area contributed by atoms with Gasteiger partial charge in [0.1, 0.15) is 0 Å². The van der Waals surface area contributed by atoms with E-state index in [1.165, 1.54) is 25.3 Å². The molecule has 8 heteroatoms. The van der Waals surface area contributed by atoms with Crippen LogP contribution in [-0.4, -0.2) is 16.0 Å². The molecular weight excluding hydrogens is 372 g/mol. The Hall–Kier alpha value is -2.35. The molecule has 0 bridgehead atoms. The van der Waals surface area contributed by atoms with Crippen LogP contribution < -0.4 is 10.6 Å². The smallest absolute Gasteiger partial charge is 0.304 e. The number of carbonyl (C=O) groups excluding carboxylic acids is 1. The van der Waals surface area contributed by atoms with Crippen molar-refractivity contribution in [3.05, 3.63) is 47.2 Å². The molecule has 1 aromatic heterocycles. The minimum atomic E-state index is -3.32. The van der Waals surface area contributed by atoms with Gasteiger partial charge in [-0.25, -0.2) is 4.98 Å². The molecule has 1 heterocycles. The average Bonchev–Trinajstić information content (AvgIpc) is 2.99. The number of anilines is 1. The first-order valence-electron chi connectivity index (χ1n) is 8.77. The molecule has 2 aromatic rings. The van der Waals surface area contributed by atoms with Gasteiger partial charge in [-0.1, -0.05) is 31.9 Å². The maximum absolute atomic E-state index is 13.6. The van der Waals surface area contributed by atoms with E-state index in [1.54, 1.807) is 0 Å². The number of thiocarbonyl (C=S) groups is 1. The minimum absolute atomic E-state index is 0.00949. The Morgan fingerprint density at radius 1 is 1.26 bits per heavy atom. The second-order valence-corrected chi connectivity index (χ2v) is 6.77. The lowest BCUT2D eigenvalue weighted by Gasteiger charge is -2.11. The van der Waals surface area contributed by atoms with Crippen LogP contribution in [0.5, 0.6) is 0 Å². The number of oxazole rings is 1. The summed E-state index contributed by atoms with van der Waals surface area (Å²) in [5.41, 5.74) is 1.43. The third-order valence-electron chi connectivity index (χ3n) is 3.86. The van der Waals surface area contributed by atoms with E-state index < -0.39 is 23.3 Å². The summed E-state index contributed by atoms with van der Waals surface area (Å²) in [6.07, 6.45) is 4.51. The van der Waals surface area contributed by atoms with Crippen LogP contribution in [0.25, 0.3) is 0 Å². The number of halogens is 2. The molecule has 27 heavy (non-hydrogen) atoms. The van der Waals surface area contributed by atoms with Crippen LogP contribution in [-0.2, 0) is 12.3 Å². The molecule has 0 aliphatic heterocycles. The topological polar surface area (TPSA) is 67.2 Å². The molecule has 0 saturated heterocycles. The summed E-state index contributed by atoms with van der Waals surface area (Å²) in [4.78, 5) is 16.0. The van der Waals surface area contributed by atoms with Crippen molar-refractivity contribution < 1.29 is 18.0 Å². The van der Waals surface area contributed by atoms with Crippen molar-refractivity contribution in [2.75, 3.05) is 5.32 Å². The number of alkyl halides is 2. The van der Waals surface area contributed by atoms with E-state index in [0.717, 1.165) is 12.8 Å². The first kappa shape index (κ1) is 21.0. The van der Waals surface area contributed by atoms with E-state index in [9.17, 15) is 13.6 Å². The maximum atomic E-state index is 13.6. The monoisotopic (exact) mass is 395 g/mol. The Bertz CT molecular complexity index is 798. The highest BCUT2D eigenvalue weighted by molar-refractivity contribution is 7.80. The first-order chi connectivity index (χ1) is 12.7. The number of nitrogens with one attached hydrogen (secondary N) is 2. The second kappa shape index (κ2) is 9.03. The molecule has 2 N–H and O–H groups in total. The average molecular weight is 395 g/mol. The highest BCUT2D eigenvalue weighted by Gasteiger charge is 2.36. The fourth-order valence-electron chi connectivity index (χ4n) is 2.54. The third-order valence-corrected chi connectivity index (χ3v) is 4.06. The number of nitrogens with zero attached hydrogens (tertiary/aromatic N) is 1. The van der Waals surface area contributed by atoms with Crippen LogP contribution in [0.2, 0.25) is 0 Å². The zero-order valence-corrected chi connectivity index (χ0v) is 16.4. The van der Waals surface area contributed by atoms with Gasteiger partial charge in [-0.05, 0) is 42.8 Å². The number of benzene rings is 1. The fourth-order valence-corrected chi connectivity index (χ4v) is 2.75. The summed E-state index contributed by atoms with van der Waals surface area (Å²) in [6.45, 7) is 4.19. The van der Waals surface area contributed by atoms with Gasteiger partial charge in [-0.2, -0.15) is 8.78 Å². The van der Waals surface area contributed by atoms with Gasteiger partial charge in [-0.15, -0.1) is 0 Å². The van der Waals surface area contributed by atoms with E-state index in [2.05, 4.69) is 22.5 Å². The molecule has 1 aromatic carbocycles. The molecule has 0 aliphatic carbocycles. The number of aryl methyl sites for hydroxylation is 2. The molecular formula is C19H23F2N3O2S. The highest BCUT2D eigenvalue weighted by Crippen LogP contribution is 2.30. The standard InChI is InChI=1S/C19H23F2N3O2S/c1-4-5-6-7-13-8-10-14(11-9-13)23-18(27)24-17(25)15-16(19(3,20)21)26-12(2)22-15/h8-11H,4-7H2,1-3H3,(H2,23,24,25,27). The van der Waals surface area contributed by atoms with E-state index in [-0.39, 0.29) is 11.0 Å². The molecule has 0 fully saturated rings. The predicted molar refractivity (Wildman–Crippen MR) is 104 cm³/mol. The summed E-state index contributed by atoms with van der Waals surface area (Å²) < 4.78 is 32.0. The Morgan fingerprint density at radius 3 is 2.52 bits per heavy atom. The molecule has 146 valence electrons. The number of rotatable bonds is 7. The molecule has 0 aliphatic rings. The number of carbonyl (C=O) groups is 1. The lowest BCUT2D eigenvalue weighted by atomic mass is 10.1. The van der Waals surface area contributed by atoms with Gasteiger partial charge in [0.05, 0.1) is 0 Å². The lowest BCUT2D eigenvalue weighted by molar-refractivity contribution is -0.00695. The molecule has 0 saturated carbocycles. The maximum Gasteiger partial charge on any atom is 0.304 e. The molecule has 0 spiro atoms. The number of amides is 1. The molecule has 0 radical (unpaired) electrons. The Kier molecular flexibility index (Phi) is 7.01. The SMILES string of the molecule is CCCCCc1ccc(NC(=S)NC(=O)c2nc(C)oc2C(C)(F)F)cc1. The summed E-state index contributed by atoms with van der Waals surface area (Å²) in [7, 11) is 0. The second-order valence-electron chi connectivity index (χ2n) is 6.36. The van der Waals surface area contributed by atoms with E-state index >= 15 is 0 Å². The van der Waals surface area contributed by atoms with Crippen molar-refractivity contribution in [3.8, 4) is 0 Å². The summed E-state index contributed by atoms with van der Waals surface area (Å²) in [5, 5.41) is 5.20. The van der Waals surface area contributed by atoms with Gasteiger partial charge in [0.2, 0.25) is 5.76 Å². The summed E-state index contributed by atoms with van der Waals surface area (Å²) in [6, 6.07) is 7.68. The van der Waals surface area contributed by atoms with Crippen LogP contribution in [0.3, 0.4) is 0 Å². The number of hydrogen-bond acceptors (Lipinski definition) is 4. The molecule has 0 unspecified atom stereocenters. The fraction of sp³-hybridized carbons (Fsp3) is 0.421. The van der Waals surface area contributed by atoms with Gasteiger partial charge in [0, 0.05) is 19.5 Å². The van der Waals surface area contributed by atoms with E-state index in [1.807, 2.05) is 24.3 Å². The number of unbranched alkanes of at least 4 members (excludes halogenated alkanes) is 2. The van der Waals surface area contributed by atoms with Crippen LogP contribution in [0.4, 0.5) is 14.5 Å². The van der Waals surface area contributed by atoms with Crippen LogP contribution in [0, 0.1) is 6.92 Å². The molecule has 5 nitrogen and oxygen atoms in total. The Balaban J connectivity index is 1.97. The quantitative estimate of drug-likeness (QED) is 0.513. The van der Waals surface area contributed by atoms with Crippen molar-refractivity contribution in [2.45, 2.75) is 52.4 Å². The van der Waals surface area contributed by atoms with Crippen molar-refractivity contribution >= 4 is 28.9 Å². The summed E-state index contributed by atoms with van der Waals surface area (Å²) in [5.74, 6) is -4.97. The van der Waals surface area contributed by atoms with Crippen molar-refractivity contribution in [1.29, 1.82) is 0 Å². The van der Waals surface area contributed by atoms with Gasteiger partial charge in [-0.3, -0.25) is 10.1 Å². The van der Waals surface area contributed by atoms with Crippen molar-refractivity contribution in [3.63, 3.8) is 0 Å². The van der Waals surface area contributed by atoms with Crippen LogP contribution >= 0.6 is 12.2 Å². The van der Waals surface area contributed by atoms with Gasteiger partial charge in [0.25, 0.3) is 5.91 Å². The number of aromatic nitrogens is 1. The van der Waals surface area contributed by atoms with Crippen LogP contribution in [0.15, 0.2) is 28.7 Å². The van der Waals surface area contributed by atoms with Gasteiger partial charge < -0.3 is 9.73 Å². The minimum Gasteiger partial charge on any atom is -0.439 e. The Labute approximate surface area is 162 Å². The predicted octanol–water partition coefficient (Wildman–Crippen LogP) is 4.95. The van der Waals surface area contributed by atoms with Crippen LogP contribution in [0.1, 0.15) is 60.8 Å². The molecule has 2 rings (SSSR count).